The summed E-state index contributed by atoms with van der Waals surface area (Å²) in [6, 6.07) is 13.8. The van der Waals surface area contributed by atoms with Crippen LogP contribution in [0.2, 0.25) is 0 Å². The van der Waals surface area contributed by atoms with Gasteiger partial charge >= 0.3 is 0 Å². The molecule has 1 aliphatic rings. The summed E-state index contributed by atoms with van der Waals surface area (Å²) in [7, 11) is 0. The Hall–Kier alpha value is -3.34. The third-order valence-corrected chi connectivity index (χ3v) is 7.12. The molecule has 5 rings (SSSR count). The molecule has 0 N–H and O–H groups in total. The van der Waals surface area contributed by atoms with Gasteiger partial charge in [-0.25, -0.2) is 0 Å². The quantitative estimate of drug-likeness (QED) is 0.341. The topological polar surface area (TPSA) is 55.6 Å². The summed E-state index contributed by atoms with van der Waals surface area (Å²) in [5.74, 6) is 1.46. The first-order valence-electron chi connectivity index (χ1n) is 12.1. The van der Waals surface area contributed by atoms with Crippen molar-refractivity contribution in [2.24, 2.45) is 5.41 Å². The second-order valence-corrected chi connectivity index (χ2v) is 10.3. The molecular weight excluding hydrogens is 424 g/mol. The molecule has 0 radical (unpaired) electrons. The zero-order valence-corrected chi connectivity index (χ0v) is 20.6. The van der Waals surface area contributed by atoms with Gasteiger partial charge in [-0.3, -0.25) is 9.78 Å². The molecule has 5 heteroatoms. The summed E-state index contributed by atoms with van der Waals surface area (Å²) in [6.45, 7) is 12.3. The molecule has 1 aliphatic heterocycles. The lowest BCUT2D eigenvalue weighted by Crippen LogP contribution is -2.38. The fourth-order valence-corrected chi connectivity index (χ4v) is 4.90. The van der Waals surface area contributed by atoms with Gasteiger partial charge in [-0.15, -0.1) is 0 Å². The first-order chi connectivity index (χ1) is 16.2. The van der Waals surface area contributed by atoms with Gasteiger partial charge in [0.05, 0.1) is 16.5 Å². The Morgan fingerprint density at radius 2 is 1.79 bits per heavy atom. The molecule has 5 nitrogen and oxygen atoms in total. The van der Waals surface area contributed by atoms with Crippen molar-refractivity contribution in [1.82, 2.24) is 4.98 Å². The number of para-hydroxylation sites is 1. The molecule has 0 bridgehead atoms. The third kappa shape index (κ3) is 4.04. The van der Waals surface area contributed by atoms with Crippen LogP contribution in [0.5, 0.6) is 5.75 Å². The maximum absolute atomic E-state index is 13.4. The minimum Gasteiger partial charge on any atom is -0.485 e. The van der Waals surface area contributed by atoms with Crippen LogP contribution in [0.1, 0.15) is 56.4 Å². The average Bonchev–Trinajstić information content (AvgIpc) is 2.82. The predicted molar refractivity (Wildman–Crippen MR) is 138 cm³/mol. The van der Waals surface area contributed by atoms with Crippen LogP contribution in [0.15, 0.2) is 57.9 Å². The largest absolute Gasteiger partial charge is 0.485 e. The van der Waals surface area contributed by atoms with Crippen molar-refractivity contribution >= 4 is 27.8 Å². The third-order valence-electron chi connectivity index (χ3n) is 7.12. The van der Waals surface area contributed by atoms with Crippen molar-refractivity contribution in [3.63, 3.8) is 0 Å². The normalized spacial score (nSPS) is 16.7. The number of hydrogen-bond acceptors (Lipinski definition) is 5. The van der Waals surface area contributed by atoms with Crippen LogP contribution >= 0.6 is 0 Å². The van der Waals surface area contributed by atoms with Crippen LogP contribution in [0, 0.1) is 19.3 Å². The SMILES string of the molecule is Cc1cc(C(C)Oc2ccnc3ccccc23)c2oc(N3CCC(C)(C)CC3)c(C)c(=O)c2c1. The van der Waals surface area contributed by atoms with E-state index in [-0.39, 0.29) is 11.5 Å². The molecule has 1 atom stereocenters. The Bertz CT molecular complexity index is 1420. The highest BCUT2D eigenvalue weighted by molar-refractivity contribution is 5.85. The molecule has 1 fully saturated rings. The summed E-state index contributed by atoms with van der Waals surface area (Å²) >= 11 is 0. The van der Waals surface area contributed by atoms with Crippen molar-refractivity contribution in [3.8, 4) is 5.75 Å². The van der Waals surface area contributed by atoms with E-state index in [9.17, 15) is 4.79 Å². The molecule has 1 unspecified atom stereocenters. The number of benzene rings is 2. The molecule has 0 amide bonds. The van der Waals surface area contributed by atoms with E-state index in [0.29, 0.717) is 27.8 Å². The smallest absolute Gasteiger partial charge is 0.202 e. The van der Waals surface area contributed by atoms with Crippen molar-refractivity contribution in [3.05, 3.63) is 75.6 Å². The molecule has 3 heterocycles. The van der Waals surface area contributed by atoms with Crippen LogP contribution in [0.4, 0.5) is 5.88 Å². The molecule has 0 aliphatic carbocycles. The fraction of sp³-hybridized carbons (Fsp3) is 0.379. The number of anilines is 1. The fourth-order valence-electron chi connectivity index (χ4n) is 4.90. The summed E-state index contributed by atoms with van der Waals surface area (Å²) in [5.41, 5.74) is 4.43. The monoisotopic (exact) mass is 456 g/mol. The van der Waals surface area contributed by atoms with E-state index < -0.39 is 0 Å². The minimum atomic E-state index is -0.313. The van der Waals surface area contributed by atoms with E-state index in [1.165, 1.54) is 0 Å². The van der Waals surface area contributed by atoms with E-state index >= 15 is 0 Å². The van der Waals surface area contributed by atoms with Crippen LogP contribution in [0.3, 0.4) is 0 Å². The Kier molecular flexibility index (Phi) is 5.59. The van der Waals surface area contributed by atoms with E-state index in [1.54, 1.807) is 6.20 Å². The van der Waals surface area contributed by atoms with Gasteiger partial charge in [0.1, 0.15) is 17.4 Å². The lowest BCUT2D eigenvalue weighted by molar-refractivity contribution is 0.229. The van der Waals surface area contributed by atoms with Gasteiger partial charge < -0.3 is 14.1 Å². The Morgan fingerprint density at radius 3 is 2.56 bits per heavy atom. The minimum absolute atomic E-state index is 0.0348. The summed E-state index contributed by atoms with van der Waals surface area (Å²) in [6.07, 6.45) is 3.60. The maximum Gasteiger partial charge on any atom is 0.202 e. The average molecular weight is 457 g/mol. The molecule has 0 saturated carbocycles. The molecule has 2 aromatic carbocycles. The highest BCUT2D eigenvalue weighted by Gasteiger charge is 2.29. The number of aromatic nitrogens is 1. The number of fused-ring (bicyclic) bond motifs is 2. The lowest BCUT2D eigenvalue weighted by atomic mass is 9.82. The number of pyridine rings is 1. The van der Waals surface area contributed by atoms with E-state index in [1.807, 2.05) is 57.2 Å². The van der Waals surface area contributed by atoms with Crippen LogP contribution in [-0.2, 0) is 0 Å². The lowest BCUT2D eigenvalue weighted by Gasteiger charge is -2.37. The number of aryl methyl sites for hydroxylation is 1. The number of nitrogens with zero attached hydrogens (tertiary/aromatic N) is 2. The van der Waals surface area contributed by atoms with Crippen molar-refractivity contribution in [2.45, 2.75) is 53.6 Å². The molecule has 34 heavy (non-hydrogen) atoms. The first kappa shape index (κ1) is 22.5. The van der Waals surface area contributed by atoms with E-state index in [4.69, 9.17) is 9.15 Å². The predicted octanol–water partition coefficient (Wildman–Crippen LogP) is 6.72. The van der Waals surface area contributed by atoms with Gasteiger partial charge in [0, 0.05) is 30.2 Å². The summed E-state index contributed by atoms with van der Waals surface area (Å²) in [5, 5.41) is 1.58. The maximum atomic E-state index is 13.4. The number of ether oxygens (including phenoxy) is 1. The molecule has 2 aromatic heterocycles. The zero-order chi connectivity index (χ0) is 24.0. The van der Waals surface area contributed by atoms with Crippen molar-refractivity contribution in [2.75, 3.05) is 18.0 Å². The first-order valence-corrected chi connectivity index (χ1v) is 12.1. The van der Waals surface area contributed by atoms with Crippen LogP contribution in [0.25, 0.3) is 21.9 Å². The molecule has 1 saturated heterocycles. The second kappa shape index (κ2) is 8.46. The molecular formula is C29H32N2O3. The Labute approximate surface area is 200 Å². The van der Waals surface area contributed by atoms with E-state index in [2.05, 4.69) is 29.8 Å². The van der Waals surface area contributed by atoms with Crippen LogP contribution in [-0.4, -0.2) is 18.1 Å². The molecule has 0 spiro atoms. The molecule has 176 valence electrons. The highest BCUT2D eigenvalue weighted by Crippen LogP contribution is 2.36. The van der Waals surface area contributed by atoms with Gasteiger partial charge in [0.2, 0.25) is 5.88 Å². The standard InChI is InChI=1S/C29H32N2O3/c1-18-16-22(20(3)33-25-10-13-30-24-9-7-6-8-21(24)25)27-23(17-18)26(32)19(2)28(34-27)31-14-11-29(4,5)12-15-31/h6-10,13,16-17,20H,11-12,14-15H2,1-5H3. The number of hydrogen-bond donors (Lipinski definition) is 0. The number of rotatable bonds is 4. The van der Waals surface area contributed by atoms with E-state index in [0.717, 1.165) is 53.7 Å². The Morgan fingerprint density at radius 1 is 1.06 bits per heavy atom. The zero-order valence-electron chi connectivity index (χ0n) is 20.6. The molecule has 4 aromatic rings. The van der Waals surface area contributed by atoms with Gasteiger partial charge in [-0.2, -0.15) is 0 Å². The van der Waals surface area contributed by atoms with Crippen LogP contribution < -0.4 is 15.1 Å². The highest BCUT2D eigenvalue weighted by atomic mass is 16.5. The number of piperidine rings is 1. The van der Waals surface area contributed by atoms with Gasteiger partial charge in [-0.05, 0) is 74.9 Å². The van der Waals surface area contributed by atoms with Gasteiger partial charge in [0.25, 0.3) is 0 Å². The second-order valence-electron chi connectivity index (χ2n) is 10.3. The van der Waals surface area contributed by atoms with Gasteiger partial charge in [0.15, 0.2) is 5.43 Å². The van der Waals surface area contributed by atoms with Crippen molar-refractivity contribution in [1.29, 1.82) is 0 Å². The van der Waals surface area contributed by atoms with Gasteiger partial charge in [-0.1, -0.05) is 26.0 Å². The van der Waals surface area contributed by atoms with Crippen molar-refractivity contribution < 1.29 is 9.15 Å². The summed E-state index contributed by atoms with van der Waals surface area (Å²) < 4.78 is 13.0. The Balaban J connectivity index is 1.59. The summed E-state index contributed by atoms with van der Waals surface area (Å²) in [4.78, 5) is 20.1.